The van der Waals surface area contributed by atoms with E-state index in [4.69, 9.17) is 0 Å². The van der Waals surface area contributed by atoms with Gasteiger partial charge in [0.25, 0.3) is 5.91 Å². The molecule has 0 radical (unpaired) electrons. The Kier molecular flexibility index (Phi) is 4.76. The lowest BCUT2D eigenvalue weighted by atomic mass is 10.0. The van der Waals surface area contributed by atoms with Crippen LogP contribution in [-0.4, -0.2) is 41.3 Å². The van der Waals surface area contributed by atoms with Crippen LogP contribution in [0.25, 0.3) is 11.1 Å². The van der Waals surface area contributed by atoms with Crippen molar-refractivity contribution in [3.05, 3.63) is 60.0 Å². The number of rotatable bonds is 3. The van der Waals surface area contributed by atoms with Gasteiger partial charge in [0, 0.05) is 38.1 Å². The number of hydrogen-bond donors (Lipinski definition) is 0. The van der Waals surface area contributed by atoms with E-state index in [1.54, 1.807) is 23.1 Å². The van der Waals surface area contributed by atoms with Crippen LogP contribution < -0.4 is 9.80 Å². The molecule has 0 N–H and O–H groups in total. The molecule has 0 aliphatic carbocycles. The van der Waals surface area contributed by atoms with E-state index < -0.39 is 11.7 Å². The SMILES string of the molecule is C[C@H]1CN(c2ccc(C(F)(F)F)cc2)C(=O)c2c(-c3ccnc(N(C)C)c3)cnn21. The molecule has 30 heavy (non-hydrogen) atoms. The summed E-state index contributed by atoms with van der Waals surface area (Å²) in [5, 5.41) is 4.40. The van der Waals surface area contributed by atoms with E-state index in [1.807, 2.05) is 32.0 Å². The molecular weight excluding hydrogens is 395 g/mol. The maximum atomic E-state index is 13.3. The first kappa shape index (κ1) is 19.9. The summed E-state index contributed by atoms with van der Waals surface area (Å²) in [4.78, 5) is 21.0. The van der Waals surface area contributed by atoms with Crippen LogP contribution in [0.4, 0.5) is 24.7 Å². The summed E-state index contributed by atoms with van der Waals surface area (Å²) in [6.07, 6.45) is -1.11. The summed E-state index contributed by atoms with van der Waals surface area (Å²) < 4.78 is 40.3. The maximum Gasteiger partial charge on any atom is 0.416 e. The van der Waals surface area contributed by atoms with Gasteiger partial charge in [-0.2, -0.15) is 18.3 Å². The summed E-state index contributed by atoms with van der Waals surface area (Å²) in [5.41, 5.74) is 1.53. The number of carbonyl (C=O) groups is 1. The Morgan fingerprint density at radius 2 is 1.83 bits per heavy atom. The van der Waals surface area contributed by atoms with Gasteiger partial charge in [-0.25, -0.2) is 4.98 Å². The molecule has 0 unspecified atom stereocenters. The molecule has 1 amide bonds. The van der Waals surface area contributed by atoms with Crippen molar-refractivity contribution in [2.45, 2.75) is 19.1 Å². The molecule has 1 aliphatic rings. The van der Waals surface area contributed by atoms with Gasteiger partial charge in [0.1, 0.15) is 11.5 Å². The van der Waals surface area contributed by atoms with Gasteiger partial charge in [0.15, 0.2) is 0 Å². The first-order chi connectivity index (χ1) is 14.2. The molecule has 3 aromatic rings. The molecule has 0 spiro atoms. The number of pyridine rings is 1. The van der Waals surface area contributed by atoms with Crippen LogP contribution in [0.3, 0.4) is 0 Å². The van der Waals surface area contributed by atoms with Crippen molar-refractivity contribution in [3.63, 3.8) is 0 Å². The van der Waals surface area contributed by atoms with Gasteiger partial charge in [-0.3, -0.25) is 9.48 Å². The molecule has 2 aromatic heterocycles. The molecule has 1 atom stereocenters. The number of hydrogen-bond acceptors (Lipinski definition) is 4. The Morgan fingerprint density at radius 3 is 2.47 bits per heavy atom. The van der Waals surface area contributed by atoms with Crippen LogP contribution in [0.1, 0.15) is 29.0 Å². The van der Waals surface area contributed by atoms with E-state index in [-0.39, 0.29) is 11.9 Å². The van der Waals surface area contributed by atoms with Crippen molar-refractivity contribution < 1.29 is 18.0 Å². The number of aromatic nitrogens is 3. The minimum Gasteiger partial charge on any atom is -0.363 e. The molecule has 0 bridgehead atoms. The second-order valence-electron chi connectivity index (χ2n) is 7.46. The van der Waals surface area contributed by atoms with Crippen molar-refractivity contribution in [1.29, 1.82) is 0 Å². The number of benzene rings is 1. The van der Waals surface area contributed by atoms with E-state index in [0.717, 1.165) is 23.5 Å². The zero-order valence-electron chi connectivity index (χ0n) is 16.7. The molecule has 156 valence electrons. The van der Waals surface area contributed by atoms with Crippen LogP contribution in [0.15, 0.2) is 48.8 Å². The highest BCUT2D eigenvalue weighted by atomic mass is 19.4. The smallest absolute Gasteiger partial charge is 0.363 e. The van der Waals surface area contributed by atoms with Gasteiger partial charge in [-0.1, -0.05) is 0 Å². The molecule has 1 aromatic carbocycles. The minimum absolute atomic E-state index is 0.135. The van der Waals surface area contributed by atoms with E-state index in [1.165, 1.54) is 17.0 Å². The van der Waals surface area contributed by atoms with E-state index in [9.17, 15) is 18.0 Å². The molecular formula is C21H20F3N5O. The lowest BCUT2D eigenvalue weighted by Crippen LogP contribution is -2.42. The van der Waals surface area contributed by atoms with E-state index in [0.29, 0.717) is 23.5 Å². The molecule has 0 saturated carbocycles. The number of alkyl halides is 3. The summed E-state index contributed by atoms with van der Waals surface area (Å²) in [5.74, 6) is 0.437. The van der Waals surface area contributed by atoms with Crippen LogP contribution in [-0.2, 0) is 6.18 Å². The second kappa shape index (κ2) is 7.16. The first-order valence-electron chi connectivity index (χ1n) is 9.37. The lowest BCUT2D eigenvalue weighted by Gasteiger charge is -2.32. The van der Waals surface area contributed by atoms with Gasteiger partial charge in [-0.05, 0) is 48.9 Å². The standard InChI is InChI=1S/C21H20F3N5O/c1-13-12-28(16-6-4-15(5-7-16)21(22,23)24)20(30)19-17(11-26-29(13)19)14-8-9-25-18(10-14)27(2)3/h4-11,13H,12H2,1-3H3/t13-/m0/s1. The highest BCUT2D eigenvalue weighted by molar-refractivity contribution is 6.09. The number of anilines is 2. The van der Waals surface area contributed by atoms with Crippen molar-refractivity contribution in [1.82, 2.24) is 14.8 Å². The fourth-order valence-corrected chi connectivity index (χ4v) is 3.56. The van der Waals surface area contributed by atoms with Gasteiger partial charge >= 0.3 is 6.18 Å². The number of halogens is 3. The molecule has 9 heteroatoms. The molecule has 1 aliphatic heterocycles. The summed E-state index contributed by atoms with van der Waals surface area (Å²) >= 11 is 0. The minimum atomic E-state index is -4.42. The largest absolute Gasteiger partial charge is 0.416 e. The van der Waals surface area contributed by atoms with Crippen molar-refractivity contribution in [3.8, 4) is 11.1 Å². The molecule has 0 saturated heterocycles. The molecule has 4 rings (SSSR count). The Morgan fingerprint density at radius 1 is 1.13 bits per heavy atom. The number of amides is 1. The maximum absolute atomic E-state index is 13.3. The fraction of sp³-hybridized carbons (Fsp3) is 0.286. The highest BCUT2D eigenvalue weighted by Gasteiger charge is 2.35. The predicted molar refractivity (Wildman–Crippen MR) is 108 cm³/mol. The van der Waals surface area contributed by atoms with Gasteiger partial charge in [0.05, 0.1) is 17.8 Å². The monoisotopic (exact) mass is 415 g/mol. The van der Waals surface area contributed by atoms with Gasteiger partial charge in [-0.15, -0.1) is 0 Å². The Hall–Kier alpha value is -3.36. The zero-order chi connectivity index (χ0) is 21.6. The highest BCUT2D eigenvalue weighted by Crippen LogP contribution is 2.35. The summed E-state index contributed by atoms with van der Waals surface area (Å²) in [6, 6.07) is 8.18. The first-order valence-corrected chi connectivity index (χ1v) is 9.37. The average molecular weight is 415 g/mol. The summed E-state index contributed by atoms with van der Waals surface area (Å²) in [6.45, 7) is 2.24. The van der Waals surface area contributed by atoms with Gasteiger partial charge < -0.3 is 9.80 Å². The molecule has 3 heterocycles. The summed E-state index contributed by atoms with van der Waals surface area (Å²) in [7, 11) is 3.75. The van der Waals surface area contributed by atoms with Crippen LogP contribution in [0.5, 0.6) is 0 Å². The Bertz CT molecular complexity index is 1090. The van der Waals surface area contributed by atoms with Crippen molar-refractivity contribution >= 4 is 17.4 Å². The lowest BCUT2D eigenvalue weighted by molar-refractivity contribution is -0.137. The van der Waals surface area contributed by atoms with Crippen molar-refractivity contribution in [2.75, 3.05) is 30.4 Å². The van der Waals surface area contributed by atoms with Crippen LogP contribution in [0.2, 0.25) is 0 Å². The Balaban J connectivity index is 1.74. The molecule has 6 nitrogen and oxygen atoms in total. The second-order valence-corrected chi connectivity index (χ2v) is 7.46. The predicted octanol–water partition coefficient (Wildman–Crippen LogP) is 4.25. The Labute approximate surface area is 171 Å². The van der Waals surface area contributed by atoms with Crippen LogP contribution >= 0.6 is 0 Å². The number of carbonyl (C=O) groups excluding carboxylic acids is 1. The van der Waals surface area contributed by atoms with Crippen molar-refractivity contribution in [2.24, 2.45) is 0 Å². The molecule has 0 fully saturated rings. The quantitative estimate of drug-likeness (QED) is 0.642. The normalized spacial score (nSPS) is 16.5. The van der Waals surface area contributed by atoms with E-state index in [2.05, 4.69) is 10.1 Å². The average Bonchev–Trinajstić information content (AvgIpc) is 3.16. The third-order valence-electron chi connectivity index (χ3n) is 5.13. The third kappa shape index (κ3) is 3.40. The zero-order valence-corrected chi connectivity index (χ0v) is 16.7. The van der Waals surface area contributed by atoms with Crippen LogP contribution in [0, 0.1) is 0 Å². The van der Waals surface area contributed by atoms with E-state index >= 15 is 0 Å². The number of fused-ring (bicyclic) bond motifs is 1. The topological polar surface area (TPSA) is 54.3 Å². The third-order valence-corrected chi connectivity index (χ3v) is 5.13. The number of nitrogens with zero attached hydrogens (tertiary/aromatic N) is 5. The van der Waals surface area contributed by atoms with Gasteiger partial charge in [0.2, 0.25) is 0 Å². The fourth-order valence-electron chi connectivity index (χ4n) is 3.56.